The lowest BCUT2D eigenvalue weighted by Gasteiger charge is -2.35. The summed E-state index contributed by atoms with van der Waals surface area (Å²) in [4.78, 5) is 15.3. The average Bonchev–Trinajstić information content (AvgIpc) is 2.26. The van der Waals surface area contributed by atoms with E-state index in [1.165, 1.54) is 0 Å². The predicted octanol–water partition coefficient (Wildman–Crippen LogP) is 0.169. The molecule has 1 saturated heterocycles. The molecule has 1 aliphatic heterocycles. The lowest BCUT2D eigenvalue weighted by atomic mass is 10.1. The highest BCUT2D eigenvalue weighted by Crippen LogP contribution is 2.08. The Morgan fingerprint density at radius 1 is 1.33 bits per heavy atom. The van der Waals surface area contributed by atoms with Gasteiger partial charge in [-0.25, -0.2) is 0 Å². The molecule has 88 valence electrons. The number of rotatable bonds is 4. The van der Waals surface area contributed by atoms with Gasteiger partial charge in [0.1, 0.15) is 0 Å². The zero-order valence-electron chi connectivity index (χ0n) is 9.78. The Hall–Kier alpha value is -0.610. The fourth-order valence-corrected chi connectivity index (χ4v) is 1.93. The molecule has 0 aliphatic carbocycles. The van der Waals surface area contributed by atoms with Crippen LogP contribution in [0.1, 0.15) is 20.3 Å². The van der Waals surface area contributed by atoms with Crippen LogP contribution in [0.15, 0.2) is 0 Å². The second kappa shape index (κ2) is 6.08. The Kier molecular flexibility index (Phi) is 5.05. The van der Waals surface area contributed by atoms with E-state index in [1.54, 1.807) is 6.92 Å². The molecule has 1 atom stereocenters. The molecular formula is C11H22N2O2. The summed E-state index contributed by atoms with van der Waals surface area (Å²) in [6, 6.07) is 0. The van der Waals surface area contributed by atoms with Crippen LogP contribution in [-0.4, -0.2) is 60.1 Å². The summed E-state index contributed by atoms with van der Waals surface area (Å²) in [7, 11) is 0. The molecule has 0 spiro atoms. The summed E-state index contributed by atoms with van der Waals surface area (Å²) in [5.41, 5.74) is 0. The number of piperazine rings is 1. The van der Waals surface area contributed by atoms with E-state index >= 15 is 0 Å². The van der Waals surface area contributed by atoms with E-state index in [-0.39, 0.29) is 12.5 Å². The summed E-state index contributed by atoms with van der Waals surface area (Å²) in [5.74, 6) is 0.553. The molecular weight excluding hydrogens is 192 g/mol. The SMILES string of the molecule is CCC(CO)CN1CCN(C(C)=O)CC1. The zero-order chi connectivity index (χ0) is 11.3. The lowest BCUT2D eigenvalue weighted by molar-refractivity contribution is -0.130. The molecule has 1 fully saturated rings. The number of aliphatic hydroxyl groups is 1. The van der Waals surface area contributed by atoms with Crippen LogP contribution in [0.25, 0.3) is 0 Å². The van der Waals surface area contributed by atoms with Gasteiger partial charge in [0.2, 0.25) is 5.91 Å². The highest BCUT2D eigenvalue weighted by molar-refractivity contribution is 5.73. The number of hydrogen-bond acceptors (Lipinski definition) is 3. The average molecular weight is 214 g/mol. The van der Waals surface area contributed by atoms with Crippen molar-refractivity contribution in [3.05, 3.63) is 0 Å². The van der Waals surface area contributed by atoms with Crippen LogP contribution in [0.5, 0.6) is 0 Å². The predicted molar refractivity (Wildman–Crippen MR) is 59.6 cm³/mol. The Morgan fingerprint density at radius 2 is 1.93 bits per heavy atom. The molecule has 1 N–H and O–H groups in total. The minimum Gasteiger partial charge on any atom is -0.396 e. The molecule has 4 nitrogen and oxygen atoms in total. The van der Waals surface area contributed by atoms with Gasteiger partial charge in [-0.1, -0.05) is 6.92 Å². The third-order valence-electron chi connectivity index (χ3n) is 3.17. The van der Waals surface area contributed by atoms with Gasteiger partial charge in [-0.2, -0.15) is 0 Å². The van der Waals surface area contributed by atoms with Gasteiger partial charge >= 0.3 is 0 Å². The monoisotopic (exact) mass is 214 g/mol. The molecule has 15 heavy (non-hydrogen) atoms. The Bertz CT molecular complexity index is 197. The van der Waals surface area contributed by atoms with E-state index in [0.29, 0.717) is 5.92 Å². The second-order valence-electron chi connectivity index (χ2n) is 4.26. The van der Waals surface area contributed by atoms with Crippen LogP contribution in [0, 0.1) is 5.92 Å². The Morgan fingerprint density at radius 3 is 2.33 bits per heavy atom. The van der Waals surface area contributed by atoms with E-state index in [0.717, 1.165) is 39.1 Å². The topological polar surface area (TPSA) is 43.8 Å². The third-order valence-corrected chi connectivity index (χ3v) is 3.17. The fourth-order valence-electron chi connectivity index (χ4n) is 1.93. The first-order valence-corrected chi connectivity index (χ1v) is 5.76. The fraction of sp³-hybridized carbons (Fsp3) is 0.909. The van der Waals surface area contributed by atoms with E-state index < -0.39 is 0 Å². The van der Waals surface area contributed by atoms with Gasteiger partial charge in [-0.05, 0) is 12.3 Å². The molecule has 0 bridgehead atoms. The van der Waals surface area contributed by atoms with Gasteiger partial charge in [0.15, 0.2) is 0 Å². The van der Waals surface area contributed by atoms with Crippen LogP contribution in [-0.2, 0) is 4.79 Å². The van der Waals surface area contributed by atoms with Crippen LogP contribution in [0.3, 0.4) is 0 Å². The molecule has 1 aliphatic rings. The van der Waals surface area contributed by atoms with Crippen molar-refractivity contribution >= 4 is 5.91 Å². The molecule has 1 unspecified atom stereocenters. The van der Waals surface area contributed by atoms with Crippen molar-refractivity contribution in [1.82, 2.24) is 9.80 Å². The maximum Gasteiger partial charge on any atom is 0.219 e. The number of nitrogens with zero attached hydrogens (tertiary/aromatic N) is 2. The Labute approximate surface area is 91.9 Å². The second-order valence-corrected chi connectivity index (χ2v) is 4.26. The summed E-state index contributed by atoms with van der Waals surface area (Å²) in [5, 5.41) is 9.11. The number of hydrogen-bond donors (Lipinski definition) is 1. The molecule has 4 heteroatoms. The van der Waals surface area contributed by atoms with Gasteiger partial charge in [-0.15, -0.1) is 0 Å². The van der Waals surface area contributed by atoms with Crippen LogP contribution in [0.2, 0.25) is 0 Å². The van der Waals surface area contributed by atoms with Gasteiger partial charge in [0, 0.05) is 46.3 Å². The first-order chi connectivity index (χ1) is 7.17. The van der Waals surface area contributed by atoms with Crippen molar-refractivity contribution in [2.24, 2.45) is 5.92 Å². The standard InChI is InChI=1S/C11H22N2O2/c1-3-11(9-14)8-12-4-6-13(7-5-12)10(2)15/h11,14H,3-9H2,1-2H3. The maximum atomic E-state index is 11.1. The van der Waals surface area contributed by atoms with Gasteiger partial charge in [0.05, 0.1) is 0 Å². The first-order valence-electron chi connectivity index (χ1n) is 5.76. The summed E-state index contributed by atoms with van der Waals surface area (Å²) < 4.78 is 0. The summed E-state index contributed by atoms with van der Waals surface area (Å²) >= 11 is 0. The zero-order valence-corrected chi connectivity index (χ0v) is 9.78. The van der Waals surface area contributed by atoms with Crippen molar-refractivity contribution in [3.8, 4) is 0 Å². The van der Waals surface area contributed by atoms with Crippen molar-refractivity contribution in [1.29, 1.82) is 0 Å². The van der Waals surface area contributed by atoms with Gasteiger partial charge in [0.25, 0.3) is 0 Å². The Balaban J connectivity index is 2.28. The number of aliphatic hydroxyl groups excluding tert-OH is 1. The molecule has 0 aromatic heterocycles. The molecule has 0 aromatic rings. The smallest absolute Gasteiger partial charge is 0.219 e. The molecule has 0 saturated carbocycles. The largest absolute Gasteiger partial charge is 0.396 e. The molecule has 0 radical (unpaired) electrons. The van der Waals surface area contributed by atoms with E-state index in [1.807, 2.05) is 4.90 Å². The normalized spacial score (nSPS) is 20.3. The molecule has 1 rings (SSSR count). The van der Waals surface area contributed by atoms with Crippen LogP contribution >= 0.6 is 0 Å². The molecule has 1 amide bonds. The highest BCUT2D eigenvalue weighted by Gasteiger charge is 2.20. The highest BCUT2D eigenvalue weighted by atomic mass is 16.3. The number of carbonyl (C=O) groups excluding carboxylic acids is 1. The number of carbonyl (C=O) groups is 1. The lowest BCUT2D eigenvalue weighted by Crippen LogP contribution is -2.49. The molecule has 0 aromatic carbocycles. The van der Waals surface area contributed by atoms with Gasteiger partial charge in [-0.3, -0.25) is 9.69 Å². The van der Waals surface area contributed by atoms with Crippen LogP contribution in [0.4, 0.5) is 0 Å². The van der Waals surface area contributed by atoms with E-state index in [9.17, 15) is 4.79 Å². The summed E-state index contributed by atoms with van der Waals surface area (Å²) in [6.07, 6.45) is 1.02. The van der Waals surface area contributed by atoms with E-state index in [4.69, 9.17) is 5.11 Å². The van der Waals surface area contributed by atoms with Crippen LogP contribution < -0.4 is 0 Å². The quantitative estimate of drug-likeness (QED) is 0.725. The van der Waals surface area contributed by atoms with Gasteiger partial charge < -0.3 is 10.0 Å². The van der Waals surface area contributed by atoms with Crippen molar-refractivity contribution in [2.45, 2.75) is 20.3 Å². The van der Waals surface area contributed by atoms with Crippen molar-refractivity contribution in [2.75, 3.05) is 39.3 Å². The molecule has 1 heterocycles. The first kappa shape index (κ1) is 12.5. The number of amides is 1. The van der Waals surface area contributed by atoms with Crippen molar-refractivity contribution < 1.29 is 9.90 Å². The van der Waals surface area contributed by atoms with E-state index in [2.05, 4.69) is 11.8 Å². The maximum absolute atomic E-state index is 11.1. The minimum atomic E-state index is 0.170. The minimum absolute atomic E-state index is 0.170. The third kappa shape index (κ3) is 3.80. The summed E-state index contributed by atoms with van der Waals surface area (Å²) in [6.45, 7) is 8.49. The van der Waals surface area contributed by atoms with Crippen molar-refractivity contribution in [3.63, 3.8) is 0 Å².